The van der Waals surface area contributed by atoms with E-state index in [2.05, 4.69) is 30.9 Å². The van der Waals surface area contributed by atoms with Crippen LogP contribution in [0.5, 0.6) is 0 Å². The van der Waals surface area contributed by atoms with Crippen molar-refractivity contribution in [3.05, 3.63) is 0 Å². The van der Waals surface area contributed by atoms with Crippen LogP contribution in [0, 0.1) is 5.41 Å². The summed E-state index contributed by atoms with van der Waals surface area (Å²) in [7, 11) is 0. The van der Waals surface area contributed by atoms with Gasteiger partial charge >= 0.3 is 0 Å². The summed E-state index contributed by atoms with van der Waals surface area (Å²) >= 11 is 2.10. The Hall–Kier alpha value is 0.270. The molecule has 0 bridgehead atoms. The van der Waals surface area contributed by atoms with Gasteiger partial charge in [-0.2, -0.15) is 11.8 Å². The molecule has 2 unspecified atom stereocenters. The van der Waals surface area contributed by atoms with Gasteiger partial charge in [0, 0.05) is 18.4 Å². The molecule has 2 fully saturated rings. The molecule has 94 valence electrons. The zero-order chi connectivity index (χ0) is 11.4. The molecular weight excluding hydrogens is 218 g/mol. The normalized spacial score (nSPS) is 34.1. The van der Waals surface area contributed by atoms with Crippen LogP contribution in [0.1, 0.15) is 39.5 Å². The quantitative estimate of drug-likeness (QED) is 0.820. The second-order valence-corrected chi connectivity index (χ2v) is 6.99. The Morgan fingerprint density at radius 1 is 1.44 bits per heavy atom. The van der Waals surface area contributed by atoms with Crippen LogP contribution in [-0.2, 0) is 4.74 Å². The van der Waals surface area contributed by atoms with E-state index in [1.54, 1.807) is 0 Å². The van der Waals surface area contributed by atoms with E-state index in [0.29, 0.717) is 11.5 Å². The fourth-order valence-corrected chi connectivity index (χ4v) is 4.02. The zero-order valence-corrected chi connectivity index (χ0v) is 11.4. The first-order chi connectivity index (χ1) is 7.66. The summed E-state index contributed by atoms with van der Waals surface area (Å²) in [5.74, 6) is 2.60. The van der Waals surface area contributed by atoms with Crippen molar-refractivity contribution >= 4 is 11.8 Å². The molecule has 0 amide bonds. The average Bonchev–Trinajstić information content (AvgIpc) is 2.69. The van der Waals surface area contributed by atoms with E-state index in [-0.39, 0.29) is 0 Å². The first-order valence-electron chi connectivity index (χ1n) is 6.58. The molecule has 0 aromatic rings. The van der Waals surface area contributed by atoms with Gasteiger partial charge in [-0.25, -0.2) is 0 Å². The van der Waals surface area contributed by atoms with E-state index in [1.807, 2.05) is 0 Å². The Balaban J connectivity index is 1.61. The molecule has 1 N–H and O–H groups in total. The number of rotatable bonds is 4. The molecule has 0 aromatic heterocycles. The van der Waals surface area contributed by atoms with Crippen LogP contribution in [0.2, 0.25) is 0 Å². The highest BCUT2D eigenvalue weighted by Gasteiger charge is 2.28. The Kier molecular flexibility index (Phi) is 4.57. The summed E-state index contributed by atoms with van der Waals surface area (Å²) in [4.78, 5) is 0. The highest BCUT2D eigenvalue weighted by atomic mass is 32.2. The monoisotopic (exact) mass is 243 g/mol. The third kappa shape index (κ3) is 3.94. The second-order valence-electron chi connectivity index (χ2n) is 5.96. The summed E-state index contributed by atoms with van der Waals surface area (Å²) in [6.45, 7) is 6.88. The number of ether oxygens (including phenoxy) is 1. The van der Waals surface area contributed by atoms with Crippen molar-refractivity contribution in [1.82, 2.24) is 5.32 Å². The van der Waals surface area contributed by atoms with Crippen molar-refractivity contribution < 1.29 is 4.74 Å². The average molecular weight is 243 g/mol. The summed E-state index contributed by atoms with van der Waals surface area (Å²) in [6, 6.07) is 0.718. The zero-order valence-electron chi connectivity index (χ0n) is 10.6. The standard InChI is InChI=1S/C13H25NOS/c1-13(2)8-11(9-16-10-13)14-6-5-12-4-3-7-15-12/h11-12,14H,3-10H2,1-2H3. The Morgan fingerprint density at radius 3 is 3.00 bits per heavy atom. The fourth-order valence-electron chi connectivity index (χ4n) is 2.71. The molecule has 0 saturated carbocycles. The summed E-state index contributed by atoms with van der Waals surface area (Å²) in [5.41, 5.74) is 0.518. The first-order valence-corrected chi connectivity index (χ1v) is 7.74. The van der Waals surface area contributed by atoms with Gasteiger partial charge in [0.05, 0.1) is 6.10 Å². The minimum absolute atomic E-state index is 0.518. The predicted molar refractivity (Wildman–Crippen MR) is 71.1 cm³/mol. The lowest BCUT2D eigenvalue weighted by Crippen LogP contribution is -2.41. The van der Waals surface area contributed by atoms with E-state index in [9.17, 15) is 0 Å². The van der Waals surface area contributed by atoms with E-state index in [4.69, 9.17) is 4.74 Å². The maximum Gasteiger partial charge on any atom is 0.0588 e. The summed E-state index contributed by atoms with van der Waals surface area (Å²) in [5, 5.41) is 3.70. The topological polar surface area (TPSA) is 21.3 Å². The lowest BCUT2D eigenvalue weighted by molar-refractivity contribution is 0.103. The third-order valence-electron chi connectivity index (χ3n) is 3.53. The van der Waals surface area contributed by atoms with Gasteiger partial charge in [-0.1, -0.05) is 13.8 Å². The van der Waals surface area contributed by atoms with E-state index < -0.39 is 0 Å². The highest BCUT2D eigenvalue weighted by molar-refractivity contribution is 7.99. The molecule has 2 saturated heterocycles. The maximum absolute atomic E-state index is 5.64. The van der Waals surface area contributed by atoms with Crippen molar-refractivity contribution in [1.29, 1.82) is 0 Å². The molecule has 0 spiro atoms. The van der Waals surface area contributed by atoms with Gasteiger partial charge in [0.15, 0.2) is 0 Å². The number of hydrogen-bond donors (Lipinski definition) is 1. The van der Waals surface area contributed by atoms with Gasteiger partial charge < -0.3 is 10.1 Å². The van der Waals surface area contributed by atoms with Crippen LogP contribution in [-0.4, -0.2) is 36.8 Å². The van der Waals surface area contributed by atoms with Crippen LogP contribution >= 0.6 is 11.8 Å². The molecule has 0 aliphatic carbocycles. The highest BCUT2D eigenvalue weighted by Crippen LogP contribution is 2.33. The molecule has 0 aromatic carbocycles. The van der Waals surface area contributed by atoms with Gasteiger partial charge in [0.25, 0.3) is 0 Å². The number of hydrogen-bond acceptors (Lipinski definition) is 3. The van der Waals surface area contributed by atoms with Gasteiger partial charge in [-0.15, -0.1) is 0 Å². The van der Waals surface area contributed by atoms with Crippen LogP contribution < -0.4 is 5.32 Å². The SMILES string of the molecule is CC1(C)CSCC(NCCC2CCCO2)C1. The molecule has 2 heterocycles. The summed E-state index contributed by atoms with van der Waals surface area (Å²) in [6.07, 6.45) is 5.59. The first kappa shape index (κ1) is 12.7. The number of thioether (sulfide) groups is 1. The second kappa shape index (κ2) is 5.74. The van der Waals surface area contributed by atoms with Crippen LogP contribution in [0.25, 0.3) is 0 Å². The largest absolute Gasteiger partial charge is 0.378 e. The van der Waals surface area contributed by atoms with Crippen LogP contribution in [0.3, 0.4) is 0 Å². The predicted octanol–water partition coefficient (Wildman–Crippen LogP) is 2.68. The molecule has 2 aliphatic rings. The maximum atomic E-state index is 5.64. The molecule has 2 rings (SSSR count). The molecular formula is C13H25NOS. The number of nitrogens with one attached hydrogen (secondary N) is 1. The van der Waals surface area contributed by atoms with E-state index >= 15 is 0 Å². The van der Waals surface area contributed by atoms with Crippen molar-refractivity contribution in [3.8, 4) is 0 Å². The van der Waals surface area contributed by atoms with Crippen LogP contribution in [0.4, 0.5) is 0 Å². The van der Waals surface area contributed by atoms with Gasteiger partial charge in [-0.3, -0.25) is 0 Å². The van der Waals surface area contributed by atoms with Gasteiger partial charge in [-0.05, 0) is 43.4 Å². The van der Waals surface area contributed by atoms with Gasteiger partial charge in [0.2, 0.25) is 0 Å². The van der Waals surface area contributed by atoms with Crippen molar-refractivity contribution in [2.75, 3.05) is 24.7 Å². The Morgan fingerprint density at radius 2 is 2.31 bits per heavy atom. The van der Waals surface area contributed by atoms with E-state index in [1.165, 1.54) is 37.2 Å². The van der Waals surface area contributed by atoms with Crippen molar-refractivity contribution in [2.45, 2.75) is 51.7 Å². The van der Waals surface area contributed by atoms with Crippen molar-refractivity contribution in [2.24, 2.45) is 5.41 Å². The minimum atomic E-state index is 0.518. The summed E-state index contributed by atoms with van der Waals surface area (Å²) < 4.78 is 5.64. The molecule has 2 aliphatic heterocycles. The van der Waals surface area contributed by atoms with Crippen molar-refractivity contribution in [3.63, 3.8) is 0 Å². The Bertz CT molecular complexity index is 214. The fraction of sp³-hybridized carbons (Fsp3) is 1.00. The van der Waals surface area contributed by atoms with Gasteiger partial charge in [0.1, 0.15) is 0 Å². The molecule has 3 heteroatoms. The minimum Gasteiger partial charge on any atom is -0.378 e. The van der Waals surface area contributed by atoms with Crippen LogP contribution in [0.15, 0.2) is 0 Å². The molecule has 16 heavy (non-hydrogen) atoms. The molecule has 0 radical (unpaired) electrons. The lowest BCUT2D eigenvalue weighted by atomic mass is 9.88. The third-order valence-corrected chi connectivity index (χ3v) is 5.16. The lowest BCUT2D eigenvalue weighted by Gasteiger charge is -2.35. The smallest absolute Gasteiger partial charge is 0.0588 e. The molecule has 2 atom stereocenters. The van der Waals surface area contributed by atoms with E-state index in [0.717, 1.165) is 19.2 Å². The Labute approximate surface area is 104 Å². The molecule has 2 nitrogen and oxygen atoms in total.